The molecule has 3 heterocycles. The highest BCUT2D eigenvalue weighted by molar-refractivity contribution is 6.26. The molecule has 0 bridgehead atoms. The molecule has 0 saturated heterocycles. The van der Waals surface area contributed by atoms with E-state index >= 15 is 0 Å². The van der Waals surface area contributed by atoms with E-state index in [4.69, 9.17) is 0 Å². The molecule has 1 fully saturated rings. The van der Waals surface area contributed by atoms with Crippen molar-refractivity contribution in [3.05, 3.63) is 70.9 Å². The third-order valence-electron chi connectivity index (χ3n) is 9.19. The minimum absolute atomic E-state index is 0.231. The Morgan fingerprint density at radius 1 is 0.892 bits per heavy atom. The van der Waals surface area contributed by atoms with Crippen molar-refractivity contribution in [3.63, 3.8) is 0 Å². The van der Waals surface area contributed by atoms with E-state index in [-0.39, 0.29) is 5.41 Å². The van der Waals surface area contributed by atoms with Crippen LogP contribution in [-0.2, 0) is 13.5 Å². The Morgan fingerprint density at radius 2 is 1.68 bits per heavy atom. The minimum atomic E-state index is 0.231. The van der Waals surface area contributed by atoms with Gasteiger partial charge in [0.05, 0.1) is 27.3 Å². The molecular formula is C35H39N2+. The first-order valence-electron chi connectivity index (χ1n) is 14.3. The normalized spacial score (nSPS) is 15.8. The van der Waals surface area contributed by atoms with Crippen LogP contribution >= 0.6 is 0 Å². The second kappa shape index (κ2) is 7.93. The van der Waals surface area contributed by atoms with Crippen LogP contribution in [-0.4, -0.2) is 4.40 Å². The zero-order valence-electron chi connectivity index (χ0n) is 23.3. The monoisotopic (exact) mass is 487 g/mol. The standard InChI is InChI=1S/C35H39N2/c1-21-17-27-31-25(20-35(3,4)5)13-10-14-28(31)37-29-19-26(23-11-8-7-9-12-23)18-24-15-16-36(6)34(32(24)29)30(22(21)2)33(27)37/h10,13-19,23H,7-9,11-12,20H2,1-6H3/q+1. The summed E-state index contributed by atoms with van der Waals surface area (Å²) in [4.78, 5) is 0. The topological polar surface area (TPSA) is 8.29 Å². The Morgan fingerprint density at radius 3 is 2.43 bits per heavy atom. The maximum Gasteiger partial charge on any atom is 0.224 e. The maximum atomic E-state index is 2.64. The lowest BCUT2D eigenvalue weighted by molar-refractivity contribution is -0.643. The fourth-order valence-electron chi connectivity index (χ4n) is 7.44. The highest BCUT2D eigenvalue weighted by atomic mass is 15.0. The summed E-state index contributed by atoms with van der Waals surface area (Å²) in [6, 6.07) is 16.9. The highest BCUT2D eigenvalue weighted by Gasteiger charge is 2.27. The van der Waals surface area contributed by atoms with Gasteiger partial charge in [-0.15, -0.1) is 0 Å². The van der Waals surface area contributed by atoms with E-state index in [2.05, 4.69) is 99.3 Å². The second-order valence-electron chi connectivity index (χ2n) is 13.1. The number of aryl methyl sites for hydroxylation is 3. The number of rotatable bonds is 2. The molecule has 2 nitrogen and oxygen atoms in total. The van der Waals surface area contributed by atoms with Crippen molar-refractivity contribution in [3.8, 4) is 0 Å². The number of hydrogen-bond acceptors (Lipinski definition) is 0. The lowest BCUT2D eigenvalue weighted by atomic mass is 9.83. The molecule has 6 aromatic rings. The van der Waals surface area contributed by atoms with E-state index in [1.165, 1.54) is 103 Å². The van der Waals surface area contributed by atoms with E-state index in [0.29, 0.717) is 5.92 Å². The van der Waals surface area contributed by atoms with Crippen LogP contribution in [0.4, 0.5) is 0 Å². The summed E-state index contributed by atoms with van der Waals surface area (Å²) in [6.07, 6.45) is 10.1. The Hall–Kier alpha value is -3.13. The quantitative estimate of drug-likeness (QED) is 0.131. The smallest absolute Gasteiger partial charge is 0.224 e. The van der Waals surface area contributed by atoms with Gasteiger partial charge in [0, 0.05) is 16.8 Å². The summed E-state index contributed by atoms with van der Waals surface area (Å²) in [5.41, 5.74) is 11.5. The SMILES string of the molecule is Cc1cc2c3c(CC(C)(C)C)cccc3n3c4cc(C5CCCCC5)cc5cc[n+](C)c(c(c1C)c23)c54. The lowest BCUT2D eigenvalue weighted by Gasteiger charge is -2.23. The third-order valence-corrected chi connectivity index (χ3v) is 9.19. The second-order valence-corrected chi connectivity index (χ2v) is 13.1. The fourth-order valence-corrected chi connectivity index (χ4v) is 7.44. The number of benzene rings is 3. The Kier molecular flexibility index (Phi) is 4.94. The van der Waals surface area contributed by atoms with Crippen LogP contribution < -0.4 is 4.57 Å². The van der Waals surface area contributed by atoms with Crippen LogP contribution in [0.2, 0.25) is 0 Å². The molecule has 7 rings (SSSR count). The lowest BCUT2D eigenvalue weighted by Crippen LogP contribution is -2.29. The van der Waals surface area contributed by atoms with Gasteiger partial charge < -0.3 is 4.40 Å². The summed E-state index contributed by atoms with van der Waals surface area (Å²) < 4.78 is 5.00. The summed E-state index contributed by atoms with van der Waals surface area (Å²) in [6.45, 7) is 11.7. The van der Waals surface area contributed by atoms with Gasteiger partial charge >= 0.3 is 0 Å². The van der Waals surface area contributed by atoms with Crippen molar-refractivity contribution in [2.45, 2.75) is 79.1 Å². The average molecular weight is 488 g/mol. The molecule has 0 N–H and O–H groups in total. The fraction of sp³-hybridized carbons (Fsp3) is 0.400. The van der Waals surface area contributed by atoms with Gasteiger partial charge in [0.2, 0.25) is 5.52 Å². The average Bonchev–Trinajstić information content (AvgIpc) is 3.20. The Bertz CT molecular complexity index is 1840. The summed E-state index contributed by atoms with van der Waals surface area (Å²) in [5.74, 6) is 0.682. The summed E-state index contributed by atoms with van der Waals surface area (Å²) in [7, 11) is 2.23. The van der Waals surface area contributed by atoms with Crippen molar-refractivity contribution in [2.24, 2.45) is 12.5 Å². The molecule has 0 aliphatic heterocycles. The number of nitrogens with zero attached hydrogens (tertiary/aromatic N) is 2. The summed E-state index contributed by atoms with van der Waals surface area (Å²) in [5, 5.41) is 7.07. The minimum Gasteiger partial charge on any atom is -0.307 e. The molecule has 37 heavy (non-hydrogen) atoms. The van der Waals surface area contributed by atoms with Gasteiger partial charge in [-0.2, -0.15) is 0 Å². The first kappa shape index (κ1) is 23.0. The molecule has 3 aromatic carbocycles. The van der Waals surface area contributed by atoms with Crippen LogP contribution in [0.25, 0.3) is 49.0 Å². The van der Waals surface area contributed by atoms with Gasteiger partial charge in [-0.05, 0) is 90.3 Å². The zero-order chi connectivity index (χ0) is 25.6. The van der Waals surface area contributed by atoms with E-state index in [0.717, 1.165) is 6.42 Å². The van der Waals surface area contributed by atoms with Crippen LogP contribution in [0.3, 0.4) is 0 Å². The number of aromatic nitrogens is 2. The predicted octanol–water partition coefficient (Wildman–Crippen LogP) is 9.07. The molecule has 0 radical (unpaired) electrons. The van der Waals surface area contributed by atoms with E-state index < -0.39 is 0 Å². The summed E-state index contributed by atoms with van der Waals surface area (Å²) >= 11 is 0. The molecule has 3 aromatic heterocycles. The molecule has 0 unspecified atom stereocenters. The molecule has 1 aliphatic carbocycles. The van der Waals surface area contributed by atoms with Crippen LogP contribution in [0.1, 0.15) is 81.0 Å². The van der Waals surface area contributed by atoms with Crippen molar-refractivity contribution < 1.29 is 4.57 Å². The zero-order valence-corrected chi connectivity index (χ0v) is 23.3. The Balaban J connectivity index is 1.74. The van der Waals surface area contributed by atoms with Crippen LogP contribution in [0, 0.1) is 19.3 Å². The Labute approximate surface area is 220 Å². The van der Waals surface area contributed by atoms with Crippen molar-refractivity contribution in [1.82, 2.24) is 4.40 Å². The third kappa shape index (κ3) is 3.34. The van der Waals surface area contributed by atoms with Crippen LogP contribution in [0.5, 0.6) is 0 Å². The first-order valence-corrected chi connectivity index (χ1v) is 14.3. The molecule has 2 heteroatoms. The highest BCUT2D eigenvalue weighted by Crippen LogP contribution is 2.45. The number of hydrogen-bond donors (Lipinski definition) is 0. The maximum absolute atomic E-state index is 2.64. The molecule has 1 aliphatic rings. The predicted molar refractivity (Wildman–Crippen MR) is 158 cm³/mol. The number of pyridine rings is 2. The van der Waals surface area contributed by atoms with Gasteiger partial charge in [0.15, 0.2) is 6.20 Å². The molecule has 188 valence electrons. The van der Waals surface area contributed by atoms with Gasteiger partial charge in [0.1, 0.15) is 7.05 Å². The molecule has 1 saturated carbocycles. The molecular weight excluding hydrogens is 448 g/mol. The first-order chi connectivity index (χ1) is 17.7. The van der Waals surface area contributed by atoms with Crippen molar-refractivity contribution in [1.29, 1.82) is 0 Å². The van der Waals surface area contributed by atoms with E-state index in [9.17, 15) is 0 Å². The van der Waals surface area contributed by atoms with E-state index in [1.807, 2.05) is 0 Å². The molecule has 0 amide bonds. The largest absolute Gasteiger partial charge is 0.307 e. The van der Waals surface area contributed by atoms with Gasteiger partial charge in [-0.3, -0.25) is 0 Å². The van der Waals surface area contributed by atoms with Gasteiger partial charge in [-0.1, -0.05) is 58.2 Å². The van der Waals surface area contributed by atoms with Gasteiger partial charge in [0.25, 0.3) is 0 Å². The van der Waals surface area contributed by atoms with Crippen molar-refractivity contribution in [2.75, 3.05) is 0 Å². The molecule has 0 atom stereocenters. The van der Waals surface area contributed by atoms with Crippen molar-refractivity contribution >= 4 is 49.0 Å². The number of fused-ring (bicyclic) bond motifs is 5. The molecule has 0 spiro atoms. The van der Waals surface area contributed by atoms with Gasteiger partial charge in [-0.25, -0.2) is 4.57 Å². The van der Waals surface area contributed by atoms with E-state index in [1.54, 1.807) is 0 Å². The van der Waals surface area contributed by atoms with Crippen LogP contribution in [0.15, 0.2) is 48.7 Å².